The SMILES string of the molecule is NC(C(=O)O)c1cc(CF)cc(F)c1F. The van der Waals surface area contributed by atoms with Crippen LogP contribution in [0.15, 0.2) is 12.1 Å². The molecule has 1 aromatic rings. The summed E-state index contributed by atoms with van der Waals surface area (Å²) in [6.45, 7) is -1.02. The van der Waals surface area contributed by atoms with Gasteiger partial charge >= 0.3 is 5.97 Å². The smallest absolute Gasteiger partial charge is 0.325 e. The number of halogens is 3. The maximum Gasteiger partial charge on any atom is 0.325 e. The number of carboxylic acids is 1. The molecule has 1 atom stereocenters. The van der Waals surface area contributed by atoms with Crippen molar-refractivity contribution in [1.82, 2.24) is 0 Å². The van der Waals surface area contributed by atoms with Gasteiger partial charge in [0.1, 0.15) is 12.7 Å². The van der Waals surface area contributed by atoms with Crippen molar-refractivity contribution >= 4 is 5.97 Å². The number of nitrogens with two attached hydrogens (primary N) is 1. The van der Waals surface area contributed by atoms with E-state index < -0.39 is 35.9 Å². The van der Waals surface area contributed by atoms with E-state index in [2.05, 4.69) is 0 Å². The maximum atomic E-state index is 13.1. The zero-order valence-electron chi connectivity index (χ0n) is 7.51. The van der Waals surface area contributed by atoms with E-state index in [1.165, 1.54) is 0 Å². The van der Waals surface area contributed by atoms with Gasteiger partial charge in [0, 0.05) is 5.56 Å². The first-order valence-electron chi connectivity index (χ1n) is 3.99. The van der Waals surface area contributed by atoms with Gasteiger partial charge in [-0.15, -0.1) is 0 Å². The van der Waals surface area contributed by atoms with Crippen LogP contribution in [0.25, 0.3) is 0 Å². The minimum absolute atomic E-state index is 0.152. The van der Waals surface area contributed by atoms with Crippen LogP contribution in [0.4, 0.5) is 13.2 Å². The van der Waals surface area contributed by atoms with Crippen LogP contribution in [0.3, 0.4) is 0 Å². The Kier molecular flexibility index (Phi) is 3.31. The van der Waals surface area contributed by atoms with Crippen LogP contribution in [0.5, 0.6) is 0 Å². The molecule has 0 aromatic heterocycles. The van der Waals surface area contributed by atoms with Crippen molar-refractivity contribution in [3.63, 3.8) is 0 Å². The lowest BCUT2D eigenvalue weighted by atomic mass is 10.0. The Morgan fingerprint density at radius 2 is 2.07 bits per heavy atom. The number of hydrogen-bond acceptors (Lipinski definition) is 2. The van der Waals surface area contributed by atoms with Gasteiger partial charge in [0.25, 0.3) is 0 Å². The minimum Gasteiger partial charge on any atom is -0.480 e. The number of rotatable bonds is 3. The first-order chi connectivity index (χ1) is 6.97. The van der Waals surface area contributed by atoms with E-state index in [0.29, 0.717) is 6.07 Å². The molecule has 0 aliphatic rings. The Hall–Kier alpha value is -1.56. The molecule has 1 unspecified atom stereocenters. The third kappa shape index (κ3) is 2.27. The second-order valence-electron chi connectivity index (χ2n) is 2.93. The third-order valence-corrected chi connectivity index (χ3v) is 1.87. The van der Waals surface area contributed by atoms with Crippen molar-refractivity contribution in [1.29, 1.82) is 0 Å². The van der Waals surface area contributed by atoms with Crippen LogP contribution in [0.2, 0.25) is 0 Å². The number of carbonyl (C=O) groups is 1. The summed E-state index contributed by atoms with van der Waals surface area (Å²) >= 11 is 0. The summed E-state index contributed by atoms with van der Waals surface area (Å²) in [5.41, 5.74) is 4.39. The van der Waals surface area contributed by atoms with E-state index in [1.807, 2.05) is 0 Å². The average molecular weight is 219 g/mol. The van der Waals surface area contributed by atoms with Crippen LogP contribution in [-0.4, -0.2) is 11.1 Å². The van der Waals surface area contributed by atoms with Gasteiger partial charge < -0.3 is 10.8 Å². The van der Waals surface area contributed by atoms with Crippen molar-refractivity contribution in [3.8, 4) is 0 Å². The Morgan fingerprint density at radius 3 is 2.53 bits per heavy atom. The molecule has 1 rings (SSSR count). The summed E-state index contributed by atoms with van der Waals surface area (Å²) in [5.74, 6) is -4.18. The molecule has 0 saturated heterocycles. The van der Waals surface area contributed by atoms with Gasteiger partial charge in [0.05, 0.1) is 0 Å². The first kappa shape index (κ1) is 11.5. The van der Waals surface area contributed by atoms with Gasteiger partial charge in [0.15, 0.2) is 11.6 Å². The molecular formula is C9H8F3NO2. The first-order valence-corrected chi connectivity index (χ1v) is 3.99. The van der Waals surface area contributed by atoms with E-state index in [4.69, 9.17) is 10.8 Å². The van der Waals surface area contributed by atoms with Crippen molar-refractivity contribution in [2.24, 2.45) is 5.73 Å². The summed E-state index contributed by atoms with van der Waals surface area (Å²) in [6.07, 6.45) is 0. The zero-order valence-corrected chi connectivity index (χ0v) is 7.51. The van der Waals surface area contributed by atoms with E-state index in [9.17, 15) is 18.0 Å². The number of carboxylic acid groups (broad SMARTS) is 1. The lowest BCUT2D eigenvalue weighted by Crippen LogP contribution is -2.22. The molecule has 0 amide bonds. The second kappa shape index (κ2) is 4.31. The van der Waals surface area contributed by atoms with Crippen LogP contribution in [-0.2, 0) is 11.5 Å². The highest BCUT2D eigenvalue weighted by Gasteiger charge is 2.21. The standard InChI is InChI=1S/C9H8F3NO2/c10-3-4-1-5(8(13)9(14)15)7(12)6(11)2-4/h1-2,8H,3,13H2,(H,14,15). The van der Waals surface area contributed by atoms with Crippen molar-refractivity contribution in [2.45, 2.75) is 12.7 Å². The van der Waals surface area contributed by atoms with Gasteiger partial charge in [-0.05, 0) is 17.7 Å². The van der Waals surface area contributed by atoms with E-state index in [-0.39, 0.29) is 5.56 Å². The minimum atomic E-state index is -1.70. The van der Waals surface area contributed by atoms with Crippen molar-refractivity contribution in [2.75, 3.05) is 0 Å². The topological polar surface area (TPSA) is 63.3 Å². The number of benzene rings is 1. The Morgan fingerprint density at radius 1 is 1.47 bits per heavy atom. The Labute approximate surface area is 83.3 Å². The summed E-state index contributed by atoms with van der Waals surface area (Å²) in [4.78, 5) is 10.5. The molecule has 6 heteroatoms. The predicted molar refractivity (Wildman–Crippen MR) is 45.7 cm³/mol. The molecular weight excluding hydrogens is 211 g/mol. The van der Waals surface area contributed by atoms with E-state index in [0.717, 1.165) is 6.07 Å². The third-order valence-electron chi connectivity index (χ3n) is 1.87. The molecule has 15 heavy (non-hydrogen) atoms. The largest absolute Gasteiger partial charge is 0.480 e. The fraction of sp³-hybridized carbons (Fsp3) is 0.222. The van der Waals surface area contributed by atoms with Crippen molar-refractivity contribution in [3.05, 3.63) is 34.9 Å². The molecule has 0 radical (unpaired) electrons. The molecule has 3 nitrogen and oxygen atoms in total. The Balaban J connectivity index is 3.27. The van der Waals surface area contributed by atoms with Gasteiger partial charge in [-0.2, -0.15) is 0 Å². The number of hydrogen-bond donors (Lipinski definition) is 2. The molecule has 0 bridgehead atoms. The fourth-order valence-corrected chi connectivity index (χ4v) is 1.11. The zero-order chi connectivity index (χ0) is 11.6. The molecule has 0 spiro atoms. The van der Waals surface area contributed by atoms with Crippen LogP contribution < -0.4 is 5.73 Å². The quantitative estimate of drug-likeness (QED) is 0.810. The normalized spacial score (nSPS) is 12.5. The number of aliphatic carboxylic acids is 1. The van der Waals surface area contributed by atoms with Crippen LogP contribution in [0, 0.1) is 11.6 Å². The molecule has 0 aliphatic carbocycles. The highest BCUT2D eigenvalue weighted by molar-refractivity contribution is 5.75. The molecule has 0 heterocycles. The summed E-state index contributed by atoms with van der Waals surface area (Å²) in [6, 6.07) is -0.143. The lowest BCUT2D eigenvalue weighted by Gasteiger charge is -2.09. The van der Waals surface area contributed by atoms with Crippen LogP contribution >= 0.6 is 0 Å². The molecule has 1 aromatic carbocycles. The second-order valence-corrected chi connectivity index (χ2v) is 2.93. The Bertz CT molecular complexity index is 395. The molecule has 3 N–H and O–H groups in total. The molecule has 0 fully saturated rings. The monoisotopic (exact) mass is 219 g/mol. The summed E-state index contributed by atoms with van der Waals surface area (Å²) < 4.78 is 38.2. The average Bonchev–Trinajstić information content (AvgIpc) is 2.20. The predicted octanol–water partition coefficient (Wildman–Crippen LogP) is 1.52. The highest BCUT2D eigenvalue weighted by Crippen LogP contribution is 2.21. The van der Waals surface area contributed by atoms with Gasteiger partial charge in [0.2, 0.25) is 0 Å². The van der Waals surface area contributed by atoms with Gasteiger partial charge in [-0.25, -0.2) is 13.2 Å². The molecule has 82 valence electrons. The maximum absolute atomic E-state index is 13.1. The van der Waals surface area contributed by atoms with Crippen LogP contribution in [0.1, 0.15) is 17.2 Å². The lowest BCUT2D eigenvalue weighted by molar-refractivity contribution is -0.138. The van der Waals surface area contributed by atoms with E-state index in [1.54, 1.807) is 0 Å². The number of alkyl halides is 1. The molecule has 0 aliphatic heterocycles. The summed E-state index contributed by atoms with van der Waals surface area (Å²) in [7, 11) is 0. The van der Waals surface area contributed by atoms with Crippen molar-refractivity contribution < 1.29 is 23.1 Å². The molecule has 0 saturated carbocycles. The van der Waals surface area contributed by atoms with E-state index >= 15 is 0 Å². The fourth-order valence-electron chi connectivity index (χ4n) is 1.11. The summed E-state index contributed by atoms with van der Waals surface area (Å²) in [5, 5.41) is 8.51. The van der Waals surface area contributed by atoms with Gasteiger partial charge in [-0.3, -0.25) is 4.79 Å². The van der Waals surface area contributed by atoms with Gasteiger partial charge in [-0.1, -0.05) is 0 Å². The highest BCUT2D eigenvalue weighted by atomic mass is 19.2.